The Bertz CT molecular complexity index is 328. The van der Waals surface area contributed by atoms with Crippen molar-refractivity contribution in [3.05, 3.63) is 12.4 Å². The van der Waals surface area contributed by atoms with Crippen molar-refractivity contribution in [3.8, 4) is 0 Å². The van der Waals surface area contributed by atoms with Gasteiger partial charge in [-0.15, -0.1) is 0 Å². The van der Waals surface area contributed by atoms with Gasteiger partial charge in [0.2, 0.25) is 5.95 Å². The molecule has 1 aromatic rings. The predicted octanol–water partition coefficient (Wildman–Crippen LogP) is 2.58. The smallest absolute Gasteiger partial charge is 0.355 e. The molecule has 6 heteroatoms. The van der Waals surface area contributed by atoms with Crippen molar-refractivity contribution < 1.29 is 13.2 Å². The fourth-order valence-electron chi connectivity index (χ4n) is 1.41. The maximum absolute atomic E-state index is 11.9. The Hall–Kier alpha value is -1.20. The van der Waals surface area contributed by atoms with Crippen molar-refractivity contribution in [1.29, 1.82) is 0 Å². The van der Waals surface area contributed by atoms with Crippen LogP contribution in [0.15, 0.2) is 12.4 Å². The van der Waals surface area contributed by atoms with Gasteiger partial charge in [0.05, 0.1) is 6.42 Å². The van der Waals surface area contributed by atoms with Crippen LogP contribution < -0.4 is 5.32 Å². The lowest BCUT2D eigenvalue weighted by atomic mass is 10.4. The molecule has 1 saturated carbocycles. The minimum absolute atomic E-state index is 0.118. The van der Waals surface area contributed by atoms with Crippen molar-refractivity contribution in [2.75, 3.05) is 11.9 Å². The van der Waals surface area contributed by atoms with Crippen LogP contribution in [-0.2, 0) is 0 Å². The van der Waals surface area contributed by atoms with Gasteiger partial charge < -0.3 is 9.88 Å². The van der Waals surface area contributed by atoms with Gasteiger partial charge in [0, 0.05) is 25.0 Å². The third-order valence-corrected chi connectivity index (χ3v) is 2.30. The number of nitrogens with one attached hydrogen (secondary N) is 1. The number of nitrogens with zero attached hydrogens (tertiary/aromatic N) is 2. The summed E-state index contributed by atoms with van der Waals surface area (Å²) in [5.74, 6) is 0.543. The quantitative estimate of drug-likeness (QED) is 0.843. The summed E-state index contributed by atoms with van der Waals surface area (Å²) in [6, 6.07) is 0.431. The summed E-state index contributed by atoms with van der Waals surface area (Å²) in [5.41, 5.74) is 0. The number of alkyl halides is 3. The van der Waals surface area contributed by atoms with Crippen molar-refractivity contribution in [2.24, 2.45) is 0 Å². The fourth-order valence-corrected chi connectivity index (χ4v) is 1.41. The summed E-state index contributed by atoms with van der Waals surface area (Å²) in [4.78, 5) is 3.98. The van der Waals surface area contributed by atoms with E-state index < -0.39 is 12.6 Å². The Morgan fingerprint density at radius 2 is 2.20 bits per heavy atom. The Labute approximate surface area is 85.3 Å². The summed E-state index contributed by atoms with van der Waals surface area (Å²) >= 11 is 0. The maximum Gasteiger partial charge on any atom is 0.390 e. The van der Waals surface area contributed by atoms with E-state index in [0.717, 1.165) is 12.8 Å². The highest BCUT2D eigenvalue weighted by molar-refractivity contribution is 5.27. The van der Waals surface area contributed by atoms with E-state index in [1.54, 1.807) is 12.4 Å². The first kappa shape index (κ1) is 10.3. The lowest BCUT2D eigenvalue weighted by Gasteiger charge is -2.10. The number of aromatic nitrogens is 2. The maximum atomic E-state index is 11.9. The fraction of sp³-hybridized carbons (Fsp3) is 0.667. The van der Waals surface area contributed by atoms with Gasteiger partial charge in [-0.2, -0.15) is 13.2 Å². The Morgan fingerprint density at radius 3 is 2.80 bits per heavy atom. The minimum Gasteiger partial charge on any atom is -0.355 e. The minimum atomic E-state index is -4.11. The highest BCUT2D eigenvalue weighted by atomic mass is 19.4. The van der Waals surface area contributed by atoms with Gasteiger partial charge in [0.1, 0.15) is 0 Å². The zero-order valence-corrected chi connectivity index (χ0v) is 8.09. The second-order valence-electron chi connectivity index (χ2n) is 3.68. The van der Waals surface area contributed by atoms with Gasteiger partial charge in [-0.3, -0.25) is 0 Å². The number of anilines is 1. The first-order chi connectivity index (χ1) is 7.06. The molecule has 1 aliphatic rings. The van der Waals surface area contributed by atoms with E-state index >= 15 is 0 Å². The molecule has 1 fully saturated rings. The van der Waals surface area contributed by atoms with Gasteiger partial charge in [-0.05, 0) is 12.8 Å². The van der Waals surface area contributed by atoms with Crippen molar-refractivity contribution in [3.63, 3.8) is 0 Å². The highest BCUT2D eigenvalue weighted by Crippen LogP contribution is 2.36. The van der Waals surface area contributed by atoms with Crippen LogP contribution in [0.25, 0.3) is 0 Å². The molecule has 1 aromatic heterocycles. The molecule has 1 heterocycles. The van der Waals surface area contributed by atoms with E-state index in [1.165, 1.54) is 0 Å². The van der Waals surface area contributed by atoms with Crippen molar-refractivity contribution in [2.45, 2.75) is 31.5 Å². The van der Waals surface area contributed by atoms with Crippen LogP contribution in [0.1, 0.15) is 25.3 Å². The summed E-state index contributed by atoms with van der Waals surface area (Å²) in [6.07, 6.45) is 0.644. The van der Waals surface area contributed by atoms with Crippen LogP contribution in [-0.4, -0.2) is 22.3 Å². The van der Waals surface area contributed by atoms with Gasteiger partial charge in [-0.1, -0.05) is 0 Å². The average molecular weight is 219 g/mol. The first-order valence-electron chi connectivity index (χ1n) is 4.90. The molecular weight excluding hydrogens is 207 g/mol. The van der Waals surface area contributed by atoms with Gasteiger partial charge in [0.25, 0.3) is 0 Å². The van der Waals surface area contributed by atoms with E-state index in [4.69, 9.17) is 0 Å². The molecular formula is C9H12F3N3. The second kappa shape index (κ2) is 3.75. The van der Waals surface area contributed by atoms with E-state index in [9.17, 15) is 13.2 Å². The van der Waals surface area contributed by atoms with Gasteiger partial charge in [0.15, 0.2) is 0 Å². The summed E-state index contributed by atoms with van der Waals surface area (Å²) in [6.45, 7) is -0.118. The second-order valence-corrected chi connectivity index (χ2v) is 3.68. The van der Waals surface area contributed by atoms with Crippen molar-refractivity contribution >= 4 is 5.95 Å². The zero-order chi connectivity index (χ0) is 10.9. The topological polar surface area (TPSA) is 29.9 Å². The van der Waals surface area contributed by atoms with E-state index in [-0.39, 0.29) is 6.54 Å². The van der Waals surface area contributed by atoms with Crippen LogP contribution in [0.5, 0.6) is 0 Å². The van der Waals surface area contributed by atoms with Crippen LogP contribution in [0.3, 0.4) is 0 Å². The molecule has 0 atom stereocenters. The van der Waals surface area contributed by atoms with E-state index in [2.05, 4.69) is 10.3 Å². The first-order valence-corrected chi connectivity index (χ1v) is 4.90. The van der Waals surface area contributed by atoms with E-state index in [0.29, 0.717) is 12.0 Å². The van der Waals surface area contributed by atoms with Crippen LogP contribution in [0.4, 0.5) is 19.1 Å². The third-order valence-electron chi connectivity index (χ3n) is 2.30. The monoisotopic (exact) mass is 219 g/mol. The molecule has 2 rings (SSSR count). The van der Waals surface area contributed by atoms with Crippen LogP contribution in [0, 0.1) is 0 Å². The zero-order valence-electron chi connectivity index (χ0n) is 8.09. The van der Waals surface area contributed by atoms with Crippen molar-refractivity contribution in [1.82, 2.24) is 9.55 Å². The summed E-state index contributed by atoms with van der Waals surface area (Å²) < 4.78 is 37.6. The Balaban J connectivity index is 1.85. The number of hydrogen-bond donors (Lipinski definition) is 1. The summed E-state index contributed by atoms with van der Waals surface area (Å²) in [7, 11) is 0. The standard InChI is InChI=1S/C9H12F3N3/c10-9(11,12)3-4-13-8-14-5-6-15(8)7-1-2-7/h5-7H,1-4H2,(H,13,14). The number of rotatable bonds is 4. The molecule has 0 aromatic carbocycles. The molecule has 1 N–H and O–H groups in total. The molecule has 0 saturated heterocycles. The van der Waals surface area contributed by atoms with Gasteiger partial charge in [-0.25, -0.2) is 4.98 Å². The number of halogens is 3. The van der Waals surface area contributed by atoms with Crippen LogP contribution in [0.2, 0.25) is 0 Å². The van der Waals surface area contributed by atoms with Gasteiger partial charge >= 0.3 is 6.18 Å². The Morgan fingerprint density at radius 1 is 1.47 bits per heavy atom. The average Bonchev–Trinajstić information content (AvgIpc) is 2.86. The molecule has 0 unspecified atom stereocenters. The molecule has 0 aliphatic heterocycles. The molecule has 15 heavy (non-hydrogen) atoms. The molecule has 0 amide bonds. The normalized spacial score (nSPS) is 16.7. The molecule has 84 valence electrons. The molecule has 1 aliphatic carbocycles. The Kier molecular flexibility index (Phi) is 2.58. The van der Waals surface area contributed by atoms with E-state index in [1.807, 2.05) is 4.57 Å². The molecule has 0 radical (unpaired) electrons. The molecule has 0 bridgehead atoms. The molecule has 0 spiro atoms. The number of imidazole rings is 1. The molecule has 3 nitrogen and oxygen atoms in total. The third kappa shape index (κ3) is 2.87. The lowest BCUT2D eigenvalue weighted by Crippen LogP contribution is -2.16. The predicted molar refractivity (Wildman–Crippen MR) is 49.7 cm³/mol. The van der Waals surface area contributed by atoms with Crippen LogP contribution >= 0.6 is 0 Å². The largest absolute Gasteiger partial charge is 0.390 e. The SMILES string of the molecule is FC(F)(F)CCNc1nccn1C1CC1. The number of hydrogen-bond acceptors (Lipinski definition) is 2. The lowest BCUT2D eigenvalue weighted by molar-refractivity contribution is -0.131. The highest BCUT2D eigenvalue weighted by Gasteiger charge is 2.28. The summed E-state index contributed by atoms with van der Waals surface area (Å²) in [5, 5.41) is 2.70.